The molecule has 1 aliphatic heterocycles. The van der Waals surface area contributed by atoms with Crippen LogP contribution in [0.4, 0.5) is 17.6 Å². The second kappa shape index (κ2) is 11.2. The molecule has 3 aliphatic carbocycles. The summed E-state index contributed by atoms with van der Waals surface area (Å²) in [5.74, 6) is 0.143. The van der Waals surface area contributed by atoms with Crippen LogP contribution in [0, 0.1) is 11.2 Å². The van der Waals surface area contributed by atoms with Crippen molar-refractivity contribution in [3.8, 4) is 0 Å². The Bertz CT molecular complexity index is 1470. The number of alkyl halides is 3. The molecule has 2 bridgehead atoms. The molecule has 0 radical (unpaired) electrons. The van der Waals surface area contributed by atoms with Gasteiger partial charge in [-0.05, 0) is 81.0 Å². The summed E-state index contributed by atoms with van der Waals surface area (Å²) in [7, 11) is -4.12. The van der Waals surface area contributed by atoms with Crippen LogP contribution >= 0.6 is 0 Å². The number of hydrogen-bond acceptors (Lipinski definition) is 5. The number of unbranched alkanes of at least 4 members (excludes halogenated alkanes) is 1. The van der Waals surface area contributed by atoms with E-state index < -0.39 is 44.1 Å². The van der Waals surface area contributed by atoms with E-state index in [0.717, 1.165) is 43.5 Å². The van der Waals surface area contributed by atoms with Crippen LogP contribution in [0.2, 0.25) is 0 Å². The van der Waals surface area contributed by atoms with Crippen molar-refractivity contribution >= 4 is 21.8 Å². The average molecular weight is 623 g/mol. The molecule has 0 unspecified atom stereocenters. The Morgan fingerprint density at radius 3 is 2.16 bits per heavy atom. The number of sulfonamides is 1. The van der Waals surface area contributed by atoms with Crippen molar-refractivity contribution in [1.29, 1.82) is 0 Å². The predicted octanol–water partition coefficient (Wildman–Crippen LogP) is 5.76. The first-order chi connectivity index (χ1) is 20.2. The third kappa shape index (κ3) is 5.68. The molecule has 1 atom stereocenters. The first-order valence-corrected chi connectivity index (χ1v) is 16.2. The number of halogens is 4. The summed E-state index contributed by atoms with van der Waals surface area (Å²) in [5, 5.41) is 3.41. The largest absolute Gasteiger partial charge is 0.416 e. The first kappa shape index (κ1) is 31.4. The second-order valence-electron chi connectivity index (χ2n) is 12.5. The highest BCUT2D eigenvalue weighted by molar-refractivity contribution is 7.89. The number of amidine groups is 1. The molecule has 6 rings (SSSR count). The quantitative estimate of drug-likeness (QED) is 0.306. The third-order valence-electron chi connectivity index (χ3n) is 9.02. The summed E-state index contributed by atoms with van der Waals surface area (Å²) in [6.07, 6.45) is -0.368. The summed E-state index contributed by atoms with van der Waals surface area (Å²) < 4.78 is 82.2. The van der Waals surface area contributed by atoms with Gasteiger partial charge in [-0.3, -0.25) is 9.79 Å². The molecule has 234 valence electrons. The van der Waals surface area contributed by atoms with Gasteiger partial charge in [-0.25, -0.2) is 12.8 Å². The summed E-state index contributed by atoms with van der Waals surface area (Å²) >= 11 is 0. The number of rotatable bonds is 12. The molecule has 0 spiro atoms. The van der Waals surface area contributed by atoms with Gasteiger partial charge in [0.05, 0.1) is 17.0 Å². The van der Waals surface area contributed by atoms with Crippen molar-refractivity contribution in [3.05, 3.63) is 65.5 Å². The van der Waals surface area contributed by atoms with Gasteiger partial charge in [0.15, 0.2) is 0 Å². The van der Waals surface area contributed by atoms with Crippen molar-refractivity contribution in [2.75, 3.05) is 19.6 Å². The van der Waals surface area contributed by atoms with Crippen molar-refractivity contribution in [3.63, 3.8) is 0 Å². The Morgan fingerprint density at radius 1 is 0.977 bits per heavy atom. The lowest BCUT2D eigenvalue weighted by Crippen LogP contribution is -2.79. The molecule has 2 aromatic rings. The maximum Gasteiger partial charge on any atom is 0.416 e. The van der Waals surface area contributed by atoms with Crippen LogP contribution < -0.4 is 5.32 Å². The SMILES string of the molecule is CCCCN(CCC)C(=O)[C@@]1(C)CN=C(C23CC(N(Cc4ccc(C(F)(F)F)cc4)S(=O)(=O)c4ccc(F)cc4)(C2)C3)N1. The fraction of sp³-hybridized carbons (Fsp3) is 0.548. The first-order valence-electron chi connectivity index (χ1n) is 14.8. The van der Waals surface area contributed by atoms with Gasteiger partial charge < -0.3 is 10.2 Å². The lowest BCUT2D eigenvalue weighted by molar-refractivity contribution is -0.151. The molecule has 0 aromatic heterocycles. The van der Waals surface area contributed by atoms with E-state index >= 15 is 0 Å². The fourth-order valence-electron chi connectivity index (χ4n) is 6.74. The molecular weight excluding hydrogens is 584 g/mol. The summed E-state index contributed by atoms with van der Waals surface area (Å²) in [6, 6.07) is 9.01. The number of carbonyl (C=O) groups is 1. The molecule has 0 saturated heterocycles. The van der Waals surface area contributed by atoms with E-state index in [-0.39, 0.29) is 17.3 Å². The Kier molecular flexibility index (Phi) is 8.17. The molecule has 7 nitrogen and oxygen atoms in total. The summed E-state index contributed by atoms with van der Waals surface area (Å²) in [5.41, 5.74) is -2.44. The maximum atomic E-state index is 13.9. The highest BCUT2D eigenvalue weighted by atomic mass is 32.2. The van der Waals surface area contributed by atoms with Gasteiger partial charge in [-0.1, -0.05) is 32.4 Å². The van der Waals surface area contributed by atoms with Gasteiger partial charge >= 0.3 is 6.18 Å². The summed E-state index contributed by atoms with van der Waals surface area (Å²) in [6.45, 7) is 7.50. The number of amides is 1. The average Bonchev–Trinajstić information content (AvgIpc) is 3.31. The van der Waals surface area contributed by atoms with E-state index in [1.54, 1.807) is 0 Å². The van der Waals surface area contributed by atoms with Crippen LogP contribution in [0.25, 0.3) is 0 Å². The van der Waals surface area contributed by atoms with Crippen LogP contribution in [0.15, 0.2) is 58.4 Å². The highest BCUT2D eigenvalue weighted by Gasteiger charge is 2.75. The van der Waals surface area contributed by atoms with Crippen LogP contribution in [-0.4, -0.2) is 60.1 Å². The zero-order chi connectivity index (χ0) is 31.3. The molecule has 4 aliphatic rings. The van der Waals surface area contributed by atoms with Crippen LogP contribution in [-0.2, 0) is 27.5 Å². The maximum absolute atomic E-state index is 13.9. The van der Waals surface area contributed by atoms with E-state index in [4.69, 9.17) is 4.99 Å². The molecule has 1 amide bonds. The normalized spacial score (nSPS) is 26.4. The van der Waals surface area contributed by atoms with Gasteiger partial charge in [0, 0.05) is 30.6 Å². The topological polar surface area (TPSA) is 82.1 Å². The Hall–Kier alpha value is -2.99. The van der Waals surface area contributed by atoms with Gasteiger partial charge in [-0.2, -0.15) is 17.5 Å². The minimum atomic E-state index is -4.51. The predicted molar refractivity (Wildman–Crippen MR) is 155 cm³/mol. The standard InChI is InChI=1S/C31H38F4N4O3S/c1-4-6-16-38(15-5-2)27(40)28(3)21-36-26(37-28)29-18-30(19-29,20-29)39(43(41,42)25-13-11-24(32)12-14-25)17-22-7-9-23(10-8-22)31(33,34)35/h7-14H,4-6,15-21H2,1-3H3,(H,36,37)/t28-,29?,30?/m1/s1. The molecule has 2 aromatic carbocycles. The van der Waals surface area contributed by atoms with E-state index in [1.165, 1.54) is 28.6 Å². The van der Waals surface area contributed by atoms with Crippen LogP contribution in [0.5, 0.6) is 0 Å². The minimum absolute atomic E-state index is 0.00526. The van der Waals surface area contributed by atoms with Crippen LogP contribution in [0.3, 0.4) is 0 Å². The van der Waals surface area contributed by atoms with Gasteiger partial charge in [0.25, 0.3) is 0 Å². The fourth-order valence-corrected chi connectivity index (χ4v) is 8.50. The molecule has 3 saturated carbocycles. The zero-order valence-corrected chi connectivity index (χ0v) is 25.5. The van der Waals surface area contributed by atoms with Crippen molar-refractivity contribution < 1.29 is 30.8 Å². The number of nitrogens with one attached hydrogen (secondary N) is 1. The van der Waals surface area contributed by atoms with E-state index in [2.05, 4.69) is 12.2 Å². The zero-order valence-electron chi connectivity index (χ0n) is 24.7. The monoisotopic (exact) mass is 622 g/mol. The third-order valence-corrected chi connectivity index (χ3v) is 11.0. The lowest BCUT2D eigenvalue weighted by Gasteiger charge is -2.73. The van der Waals surface area contributed by atoms with Gasteiger partial charge in [-0.15, -0.1) is 0 Å². The van der Waals surface area contributed by atoms with Crippen LogP contribution in [0.1, 0.15) is 70.4 Å². The number of benzene rings is 2. The van der Waals surface area contributed by atoms with Gasteiger partial charge in [0.2, 0.25) is 15.9 Å². The molecule has 1 N–H and O–H groups in total. The molecule has 3 fully saturated rings. The highest BCUT2D eigenvalue weighted by Crippen LogP contribution is 2.71. The van der Waals surface area contributed by atoms with E-state index in [1.807, 2.05) is 18.7 Å². The van der Waals surface area contributed by atoms with Crippen molar-refractivity contribution in [2.24, 2.45) is 10.4 Å². The number of carbonyl (C=O) groups excluding carboxylic acids is 1. The Balaban J connectivity index is 1.35. The van der Waals surface area contributed by atoms with Gasteiger partial charge in [0.1, 0.15) is 17.2 Å². The Morgan fingerprint density at radius 2 is 1.60 bits per heavy atom. The van der Waals surface area contributed by atoms with Crippen molar-refractivity contribution in [2.45, 2.75) is 88.0 Å². The number of hydrogen-bond donors (Lipinski definition) is 1. The second-order valence-corrected chi connectivity index (χ2v) is 14.3. The molecule has 12 heteroatoms. The molecule has 43 heavy (non-hydrogen) atoms. The Labute approximate surface area is 250 Å². The smallest absolute Gasteiger partial charge is 0.358 e. The van der Waals surface area contributed by atoms with E-state index in [0.29, 0.717) is 50.3 Å². The summed E-state index contributed by atoms with van der Waals surface area (Å²) in [4.78, 5) is 20.1. The number of nitrogens with zero attached hydrogens (tertiary/aromatic N) is 3. The lowest BCUT2D eigenvalue weighted by atomic mass is 9.38. The van der Waals surface area contributed by atoms with Crippen molar-refractivity contribution in [1.82, 2.24) is 14.5 Å². The molecular formula is C31H38F4N4O3S. The minimum Gasteiger partial charge on any atom is -0.358 e. The molecule has 1 heterocycles. The number of aliphatic imine (C=N–C) groups is 1. The van der Waals surface area contributed by atoms with E-state index in [9.17, 15) is 30.8 Å².